The molecular weight excluding hydrogens is 480 g/mol. The van der Waals surface area contributed by atoms with Crippen molar-refractivity contribution in [2.24, 2.45) is 0 Å². The van der Waals surface area contributed by atoms with Crippen LogP contribution in [0, 0.1) is 11.6 Å². The Morgan fingerprint density at radius 1 is 1.17 bits per heavy atom. The molecule has 1 heterocycles. The highest BCUT2D eigenvalue weighted by Gasteiger charge is 2.23. The Hall–Kier alpha value is -3.30. The van der Waals surface area contributed by atoms with Crippen molar-refractivity contribution < 1.29 is 28.2 Å². The van der Waals surface area contributed by atoms with Crippen molar-refractivity contribution >= 4 is 40.2 Å². The minimum absolute atomic E-state index is 0.00545. The molecule has 0 aliphatic carbocycles. The van der Waals surface area contributed by atoms with Crippen molar-refractivity contribution in [2.45, 2.75) is 32.3 Å². The lowest BCUT2D eigenvalue weighted by Crippen LogP contribution is -2.44. The number of anilines is 1. The number of carbonyl (C=O) groups is 2. The zero-order chi connectivity index (χ0) is 25.6. The molecule has 0 spiro atoms. The summed E-state index contributed by atoms with van der Waals surface area (Å²) < 4.78 is 32.2. The van der Waals surface area contributed by atoms with E-state index in [-0.39, 0.29) is 49.3 Å². The Kier molecular flexibility index (Phi) is 8.58. The van der Waals surface area contributed by atoms with Crippen LogP contribution in [0.25, 0.3) is 10.8 Å². The van der Waals surface area contributed by atoms with Crippen molar-refractivity contribution in [3.8, 4) is 0 Å². The van der Waals surface area contributed by atoms with Crippen LogP contribution in [0.5, 0.6) is 0 Å². The molecule has 10 heteroatoms. The normalized spacial score (nSPS) is 11.4. The topological polar surface area (TPSA) is 91.8 Å². The smallest absolute Gasteiger partial charge is 0.412 e. The van der Waals surface area contributed by atoms with Gasteiger partial charge >= 0.3 is 6.09 Å². The van der Waals surface area contributed by atoms with E-state index < -0.39 is 23.3 Å². The van der Waals surface area contributed by atoms with E-state index in [0.717, 1.165) is 0 Å². The number of aliphatic hydroxyl groups is 1. The van der Waals surface area contributed by atoms with Gasteiger partial charge in [0.15, 0.2) is 0 Å². The van der Waals surface area contributed by atoms with E-state index in [0.29, 0.717) is 16.3 Å². The van der Waals surface area contributed by atoms with Gasteiger partial charge in [0, 0.05) is 24.5 Å². The highest BCUT2D eigenvalue weighted by Crippen LogP contribution is 2.21. The number of nitrogens with zero attached hydrogens (tertiary/aromatic N) is 2. The number of rotatable bonds is 9. The van der Waals surface area contributed by atoms with E-state index in [1.54, 1.807) is 26.0 Å². The van der Waals surface area contributed by atoms with Gasteiger partial charge in [-0.1, -0.05) is 23.7 Å². The van der Waals surface area contributed by atoms with Crippen LogP contribution in [0.2, 0.25) is 5.02 Å². The second kappa shape index (κ2) is 11.4. The lowest BCUT2D eigenvalue weighted by atomic mass is 10.1. The third-order valence-electron chi connectivity index (χ3n) is 5.08. The lowest BCUT2D eigenvalue weighted by Gasteiger charge is -2.29. The molecule has 3 aromatic rings. The second-order valence-electron chi connectivity index (χ2n) is 8.66. The van der Waals surface area contributed by atoms with Crippen LogP contribution in [0.4, 0.5) is 19.4 Å². The van der Waals surface area contributed by atoms with Gasteiger partial charge in [-0.05, 0) is 61.5 Å². The lowest BCUT2D eigenvalue weighted by molar-refractivity contribution is -0.134. The number of pyridine rings is 1. The van der Waals surface area contributed by atoms with Gasteiger partial charge in [0.05, 0.1) is 17.2 Å². The molecule has 2 aromatic carbocycles. The number of benzene rings is 2. The summed E-state index contributed by atoms with van der Waals surface area (Å²) in [5, 5.41) is 13.9. The Bertz CT molecular complexity index is 1220. The number of fused-ring (bicyclic) bond motifs is 1. The maximum atomic E-state index is 13.6. The van der Waals surface area contributed by atoms with Gasteiger partial charge in [0.25, 0.3) is 0 Å². The Morgan fingerprint density at radius 2 is 1.94 bits per heavy atom. The number of aryl methyl sites for hydroxylation is 1. The fraction of sp³-hybridized carbons (Fsp3) is 0.320. The standard InChI is InChI=1S/C25H26ClF2N3O4/c1-25(2,34)15-31(22(32)9-7-16-4-3-5-20(28)23(16)26)10-11-35-24(33)30-21-13-18-12-19(27)8-6-17(18)14-29-21/h3-6,8,12-14,34H,7,9-11,15H2,1-2H3,(H,29,30,33). The minimum atomic E-state index is -1.18. The van der Waals surface area contributed by atoms with Gasteiger partial charge in [0.1, 0.15) is 24.1 Å². The predicted molar refractivity (Wildman–Crippen MR) is 129 cm³/mol. The number of hydrogen-bond donors (Lipinski definition) is 2. The molecule has 2 amide bonds. The van der Waals surface area contributed by atoms with Crippen LogP contribution in [-0.2, 0) is 16.0 Å². The Morgan fingerprint density at radius 3 is 2.69 bits per heavy atom. The largest absolute Gasteiger partial charge is 0.447 e. The van der Waals surface area contributed by atoms with Crippen LogP contribution >= 0.6 is 11.6 Å². The first-order valence-electron chi connectivity index (χ1n) is 10.9. The first kappa shape index (κ1) is 26.3. The van der Waals surface area contributed by atoms with Crippen LogP contribution in [0.3, 0.4) is 0 Å². The SMILES string of the molecule is CC(C)(O)CN(CCOC(=O)Nc1cc2cc(F)ccc2cn1)C(=O)CCc1cccc(F)c1Cl. The number of aromatic nitrogens is 1. The molecule has 0 radical (unpaired) electrons. The van der Waals surface area contributed by atoms with Crippen LogP contribution < -0.4 is 5.32 Å². The monoisotopic (exact) mass is 505 g/mol. The quantitative estimate of drug-likeness (QED) is 0.429. The highest BCUT2D eigenvalue weighted by atomic mass is 35.5. The summed E-state index contributed by atoms with van der Waals surface area (Å²) in [7, 11) is 0. The number of hydrogen-bond acceptors (Lipinski definition) is 5. The molecule has 0 bridgehead atoms. The summed E-state index contributed by atoms with van der Waals surface area (Å²) in [4.78, 5) is 30.4. The molecular formula is C25H26ClF2N3O4. The minimum Gasteiger partial charge on any atom is -0.447 e. The van der Waals surface area contributed by atoms with Crippen molar-refractivity contribution in [3.05, 3.63) is 70.9 Å². The van der Waals surface area contributed by atoms with Crippen molar-refractivity contribution in [2.75, 3.05) is 25.0 Å². The van der Waals surface area contributed by atoms with Crippen LogP contribution in [0.1, 0.15) is 25.8 Å². The summed E-state index contributed by atoms with van der Waals surface area (Å²) in [5.74, 6) is -1.09. The third kappa shape index (κ3) is 7.87. The molecule has 186 valence electrons. The zero-order valence-electron chi connectivity index (χ0n) is 19.4. The molecule has 2 N–H and O–H groups in total. The average molecular weight is 506 g/mol. The van der Waals surface area contributed by atoms with Gasteiger partial charge in [-0.15, -0.1) is 0 Å². The first-order valence-corrected chi connectivity index (χ1v) is 11.3. The third-order valence-corrected chi connectivity index (χ3v) is 5.50. The highest BCUT2D eigenvalue weighted by molar-refractivity contribution is 6.31. The Balaban J connectivity index is 1.55. The summed E-state index contributed by atoms with van der Waals surface area (Å²) in [6.45, 7) is 3.00. The molecule has 0 fully saturated rings. The maximum Gasteiger partial charge on any atom is 0.412 e. The van der Waals surface area contributed by atoms with Gasteiger partial charge in [0.2, 0.25) is 5.91 Å². The molecule has 7 nitrogen and oxygen atoms in total. The molecule has 0 atom stereocenters. The Labute approximate surface area is 206 Å². The van der Waals surface area contributed by atoms with Gasteiger partial charge in [-0.3, -0.25) is 10.1 Å². The molecule has 1 aromatic heterocycles. The number of nitrogens with one attached hydrogen (secondary N) is 1. The van der Waals surface area contributed by atoms with E-state index in [4.69, 9.17) is 16.3 Å². The summed E-state index contributed by atoms with van der Waals surface area (Å²) in [6.07, 6.45) is 0.950. The molecule has 0 unspecified atom stereocenters. The average Bonchev–Trinajstić information content (AvgIpc) is 2.78. The second-order valence-corrected chi connectivity index (χ2v) is 9.04. The van der Waals surface area contributed by atoms with Crippen LogP contribution in [0.15, 0.2) is 48.7 Å². The summed E-state index contributed by atoms with van der Waals surface area (Å²) in [6, 6.07) is 10.1. The first-order chi connectivity index (χ1) is 16.5. The maximum absolute atomic E-state index is 13.6. The van der Waals surface area contributed by atoms with Gasteiger partial charge in [-0.25, -0.2) is 18.6 Å². The van der Waals surface area contributed by atoms with Crippen molar-refractivity contribution in [1.82, 2.24) is 9.88 Å². The number of carbonyl (C=O) groups excluding carboxylic acids is 2. The van der Waals surface area contributed by atoms with Crippen molar-refractivity contribution in [1.29, 1.82) is 0 Å². The van der Waals surface area contributed by atoms with Gasteiger partial charge < -0.3 is 14.7 Å². The molecule has 0 aliphatic rings. The summed E-state index contributed by atoms with van der Waals surface area (Å²) in [5.41, 5.74) is -0.680. The predicted octanol–water partition coefficient (Wildman–Crippen LogP) is 4.95. The number of halogens is 3. The molecule has 0 aliphatic heterocycles. The van der Waals surface area contributed by atoms with E-state index >= 15 is 0 Å². The fourth-order valence-electron chi connectivity index (χ4n) is 3.47. The van der Waals surface area contributed by atoms with E-state index in [1.807, 2.05) is 0 Å². The van der Waals surface area contributed by atoms with E-state index in [1.165, 1.54) is 41.4 Å². The molecule has 35 heavy (non-hydrogen) atoms. The molecule has 3 rings (SSSR count). The number of ether oxygens (including phenoxy) is 1. The molecule has 0 saturated carbocycles. The summed E-state index contributed by atoms with van der Waals surface area (Å²) >= 11 is 5.96. The van der Waals surface area contributed by atoms with Gasteiger partial charge in [-0.2, -0.15) is 0 Å². The zero-order valence-corrected chi connectivity index (χ0v) is 20.1. The van der Waals surface area contributed by atoms with Crippen LogP contribution in [-0.4, -0.2) is 52.3 Å². The van der Waals surface area contributed by atoms with E-state index in [2.05, 4.69) is 10.3 Å². The number of amides is 2. The van der Waals surface area contributed by atoms with E-state index in [9.17, 15) is 23.5 Å². The molecule has 0 saturated heterocycles. The van der Waals surface area contributed by atoms with Crippen molar-refractivity contribution in [3.63, 3.8) is 0 Å². The fourth-order valence-corrected chi connectivity index (χ4v) is 3.69.